The number of carboxylic acid groups (broad SMARTS) is 1. The first-order chi connectivity index (χ1) is 12.8. The fourth-order valence-corrected chi connectivity index (χ4v) is 2.84. The number of fused-ring (bicyclic) bond motifs is 1. The van der Waals surface area contributed by atoms with Crippen molar-refractivity contribution in [3.63, 3.8) is 0 Å². The SMILES string of the molecule is COc1ccc(Cn2c(C(F)(F)F)nc3c(OC)ccc(C(=O)O)c32)cc1. The van der Waals surface area contributed by atoms with Crippen molar-refractivity contribution in [2.24, 2.45) is 0 Å². The first kappa shape index (κ1) is 18.6. The maximum Gasteiger partial charge on any atom is 0.449 e. The van der Waals surface area contributed by atoms with E-state index in [4.69, 9.17) is 9.47 Å². The van der Waals surface area contributed by atoms with Gasteiger partial charge in [0.05, 0.1) is 25.3 Å². The number of halogens is 3. The predicted molar refractivity (Wildman–Crippen MR) is 90.3 cm³/mol. The van der Waals surface area contributed by atoms with Gasteiger partial charge in [-0.3, -0.25) is 0 Å². The van der Waals surface area contributed by atoms with Gasteiger partial charge in [-0.15, -0.1) is 0 Å². The molecular formula is C18H15F3N2O4. The van der Waals surface area contributed by atoms with E-state index in [0.717, 1.165) is 4.57 Å². The third-order valence-electron chi connectivity index (χ3n) is 4.06. The summed E-state index contributed by atoms with van der Waals surface area (Å²) in [7, 11) is 2.76. The average Bonchev–Trinajstić information content (AvgIpc) is 3.01. The largest absolute Gasteiger partial charge is 0.497 e. The van der Waals surface area contributed by atoms with E-state index in [9.17, 15) is 23.1 Å². The maximum absolute atomic E-state index is 13.6. The fraction of sp³-hybridized carbons (Fsp3) is 0.222. The number of alkyl halides is 3. The summed E-state index contributed by atoms with van der Waals surface area (Å²) >= 11 is 0. The lowest BCUT2D eigenvalue weighted by Crippen LogP contribution is -2.16. The number of carboxylic acids is 1. The number of methoxy groups -OCH3 is 2. The van der Waals surface area contributed by atoms with Gasteiger partial charge in [0.25, 0.3) is 0 Å². The number of aromatic nitrogens is 2. The molecule has 0 saturated carbocycles. The molecule has 27 heavy (non-hydrogen) atoms. The molecule has 0 saturated heterocycles. The summed E-state index contributed by atoms with van der Waals surface area (Å²) in [6.07, 6.45) is -4.77. The van der Waals surface area contributed by atoms with Gasteiger partial charge in [0.1, 0.15) is 17.0 Å². The van der Waals surface area contributed by atoms with E-state index in [1.54, 1.807) is 24.3 Å². The fourth-order valence-electron chi connectivity index (χ4n) is 2.84. The van der Waals surface area contributed by atoms with Crippen LogP contribution >= 0.6 is 0 Å². The normalized spacial score (nSPS) is 11.6. The van der Waals surface area contributed by atoms with Crippen LogP contribution in [-0.2, 0) is 12.7 Å². The van der Waals surface area contributed by atoms with E-state index in [1.165, 1.54) is 26.4 Å². The van der Waals surface area contributed by atoms with Crippen LogP contribution in [0, 0.1) is 0 Å². The molecule has 0 aliphatic carbocycles. The number of benzene rings is 2. The second-order valence-electron chi connectivity index (χ2n) is 5.69. The van der Waals surface area contributed by atoms with Crippen molar-refractivity contribution in [3.05, 3.63) is 53.3 Å². The van der Waals surface area contributed by atoms with Crippen LogP contribution in [0.4, 0.5) is 13.2 Å². The van der Waals surface area contributed by atoms with Crippen molar-refractivity contribution in [2.45, 2.75) is 12.7 Å². The Balaban J connectivity index is 2.28. The van der Waals surface area contributed by atoms with Crippen LogP contribution in [0.5, 0.6) is 11.5 Å². The number of nitrogens with zero attached hydrogens (tertiary/aromatic N) is 2. The maximum atomic E-state index is 13.6. The Kier molecular flexibility index (Phi) is 4.69. The summed E-state index contributed by atoms with van der Waals surface area (Å²) < 4.78 is 51.7. The van der Waals surface area contributed by atoms with Gasteiger partial charge in [0.2, 0.25) is 5.82 Å². The van der Waals surface area contributed by atoms with Crippen LogP contribution in [0.1, 0.15) is 21.7 Å². The van der Waals surface area contributed by atoms with E-state index < -0.39 is 18.0 Å². The quantitative estimate of drug-likeness (QED) is 0.729. The number of carbonyl (C=O) groups is 1. The van der Waals surface area contributed by atoms with Gasteiger partial charge in [-0.05, 0) is 29.8 Å². The molecule has 0 aliphatic rings. The molecule has 0 bridgehead atoms. The van der Waals surface area contributed by atoms with Crippen molar-refractivity contribution < 1.29 is 32.5 Å². The lowest BCUT2D eigenvalue weighted by atomic mass is 10.1. The lowest BCUT2D eigenvalue weighted by molar-refractivity contribution is -0.146. The zero-order chi connectivity index (χ0) is 19.8. The Hall–Kier alpha value is -3.23. The Morgan fingerprint density at radius 2 is 1.78 bits per heavy atom. The Morgan fingerprint density at radius 1 is 1.11 bits per heavy atom. The minimum absolute atomic E-state index is 0.0639. The number of aromatic carboxylic acids is 1. The zero-order valence-electron chi connectivity index (χ0n) is 14.4. The highest BCUT2D eigenvalue weighted by molar-refractivity contribution is 6.03. The number of hydrogen-bond acceptors (Lipinski definition) is 4. The Labute approximate surface area is 151 Å². The van der Waals surface area contributed by atoms with Gasteiger partial charge in [-0.2, -0.15) is 13.2 Å². The van der Waals surface area contributed by atoms with Crippen LogP contribution in [-0.4, -0.2) is 34.8 Å². The smallest absolute Gasteiger partial charge is 0.449 e. The van der Waals surface area contributed by atoms with Crippen LogP contribution in [0.3, 0.4) is 0 Å². The molecule has 1 heterocycles. The second kappa shape index (κ2) is 6.82. The molecule has 3 aromatic rings. The van der Waals surface area contributed by atoms with E-state index in [-0.39, 0.29) is 28.9 Å². The van der Waals surface area contributed by atoms with Crippen molar-refractivity contribution in [1.29, 1.82) is 0 Å². The Bertz CT molecular complexity index is 994. The van der Waals surface area contributed by atoms with Crippen molar-refractivity contribution in [1.82, 2.24) is 9.55 Å². The highest BCUT2D eigenvalue weighted by atomic mass is 19.4. The molecule has 3 rings (SSSR count). The number of imidazole rings is 1. The Morgan fingerprint density at radius 3 is 2.30 bits per heavy atom. The summed E-state index contributed by atoms with van der Waals surface area (Å²) in [6.45, 7) is -0.219. The van der Waals surface area contributed by atoms with E-state index in [2.05, 4.69) is 4.98 Å². The molecule has 0 amide bonds. The summed E-state index contributed by atoms with van der Waals surface area (Å²) in [5, 5.41) is 9.44. The lowest BCUT2D eigenvalue weighted by Gasteiger charge is -2.13. The molecule has 9 heteroatoms. The van der Waals surface area contributed by atoms with Gasteiger partial charge < -0.3 is 19.1 Å². The zero-order valence-corrected chi connectivity index (χ0v) is 14.4. The summed E-state index contributed by atoms with van der Waals surface area (Å²) in [4.78, 5) is 15.2. The third-order valence-corrected chi connectivity index (χ3v) is 4.06. The molecule has 0 spiro atoms. The molecule has 0 fully saturated rings. The van der Waals surface area contributed by atoms with Crippen LogP contribution in [0.2, 0.25) is 0 Å². The van der Waals surface area contributed by atoms with Crippen molar-refractivity contribution in [2.75, 3.05) is 14.2 Å². The van der Waals surface area contributed by atoms with Crippen LogP contribution in [0.15, 0.2) is 36.4 Å². The number of ether oxygens (including phenoxy) is 2. The molecule has 6 nitrogen and oxygen atoms in total. The first-order valence-electron chi connectivity index (χ1n) is 7.77. The van der Waals surface area contributed by atoms with Crippen molar-refractivity contribution >= 4 is 17.0 Å². The molecule has 0 radical (unpaired) electrons. The van der Waals surface area contributed by atoms with E-state index in [1.807, 2.05) is 0 Å². The molecule has 142 valence electrons. The van der Waals surface area contributed by atoms with Gasteiger partial charge in [0.15, 0.2) is 0 Å². The van der Waals surface area contributed by atoms with Crippen LogP contribution < -0.4 is 9.47 Å². The summed E-state index contributed by atoms with van der Waals surface area (Å²) in [5.41, 5.74) is -0.0645. The molecule has 1 aromatic heterocycles. The summed E-state index contributed by atoms with van der Waals surface area (Å²) in [5.74, 6) is -1.93. The molecule has 1 N–H and O–H groups in total. The third kappa shape index (κ3) is 3.40. The second-order valence-corrected chi connectivity index (χ2v) is 5.69. The molecule has 0 aliphatic heterocycles. The topological polar surface area (TPSA) is 73.6 Å². The minimum atomic E-state index is -4.77. The molecule has 0 unspecified atom stereocenters. The molecular weight excluding hydrogens is 365 g/mol. The predicted octanol–water partition coefficient (Wildman–Crippen LogP) is 3.82. The van der Waals surface area contributed by atoms with Gasteiger partial charge >= 0.3 is 12.1 Å². The number of rotatable bonds is 5. The van der Waals surface area contributed by atoms with Crippen LogP contribution in [0.25, 0.3) is 11.0 Å². The first-order valence-corrected chi connectivity index (χ1v) is 7.77. The van der Waals surface area contributed by atoms with Gasteiger partial charge in [0, 0.05) is 6.54 Å². The van der Waals surface area contributed by atoms with E-state index >= 15 is 0 Å². The highest BCUT2D eigenvalue weighted by Crippen LogP contribution is 2.36. The minimum Gasteiger partial charge on any atom is -0.497 e. The van der Waals surface area contributed by atoms with Crippen molar-refractivity contribution in [3.8, 4) is 11.5 Å². The molecule has 2 aromatic carbocycles. The average molecular weight is 380 g/mol. The van der Waals surface area contributed by atoms with E-state index in [0.29, 0.717) is 11.3 Å². The van der Waals surface area contributed by atoms with Gasteiger partial charge in [-0.1, -0.05) is 12.1 Å². The highest BCUT2D eigenvalue weighted by Gasteiger charge is 2.39. The van der Waals surface area contributed by atoms with Gasteiger partial charge in [-0.25, -0.2) is 9.78 Å². The monoisotopic (exact) mass is 380 g/mol. The molecule has 0 atom stereocenters. The summed E-state index contributed by atoms with van der Waals surface area (Å²) in [6, 6.07) is 8.92. The number of hydrogen-bond donors (Lipinski definition) is 1. The standard InChI is InChI=1S/C18H15F3N2O4/c1-26-11-5-3-10(4-6-11)9-23-15-12(16(24)25)7-8-13(27-2)14(15)22-17(23)18(19,20)21/h3-8H,9H2,1-2H3,(H,24,25).